The minimum absolute atomic E-state index is 0.175. The van der Waals surface area contributed by atoms with E-state index in [4.69, 9.17) is 21.7 Å². The third-order valence-electron chi connectivity index (χ3n) is 4.90. The van der Waals surface area contributed by atoms with Crippen molar-refractivity contribution in [1.29, 1.82) is 0 Å². The maximum Gasteiger partial charge on any atom is 0.276 e. The summed E-state index contributed by atoms with van der Waals surface area (Å²) < 4.78 is 12.4. The number of halogens is 1. The van der Waals surface area contributed by atoms with Crippen LogP contribution in [0.5, 0.6) is 11.5 Å². The van der Waals surface area contributed by atoms with Gasteiger partial charge >= 0.3 is 0 Å². The number of likely N-dealkylation sites (N-methyl/N-ethyl adjacent to an activating group) is 1. The van der Waals surface area contributed by atoms with E-state index in [1.54, 1.807) is 20.2 Å². The standard InChI is InChI=1S/C23H19BrN2O3S/c1-26-22(27)19(25-23(26)30)11-14-10-18(24)21(20(12-14)28-2)29-13-16-8-5-7-15-6-3-4-9-17(15)16/h3-12H,13H2,1-2H3,(H,25,30)/b19-11-. The van der Waals surface area contributed by atoms with Crippen LogP contribution in [-0.4, -0.2) is 30.1 Å². The molecule has 0 spiro atoms. The van der Waals surface area contributed by atoms with Gasteiger partial charge in [0.25, 0.3) is 5.91 Å². The molecule has 7 heteroatoms. The molecule has 5 nitrogen and oxygen atoms in total. The Hall–Kier alpha value is -2.90. The van der Waals surface area contributed by atoms with Gasteiger partial charge in [-0.1, -0.05) is 42.5 Å². The second kappa shape index (κ2) is 8.45. The first-order valence-corrected chi connectivity index (χ1v) is 10.5. The van der Waals surface area contributed by atoms with E-state index in [1.165, 1.54) is 10.3 Å². The molecule has 1 heterocycles. The minimum atomic E-state index is -0.175. The third-order valence-corrected chi connectivity index (χ3v) is 5.86. The molecule has 152 valence electrons. The van der Waals surface area contributed by atoms with Crippen LogP contribution in [0.2, 0.25) is 0 Å². The zero-order valence-corrected chi connectivity index (χ0v) is 18.8. The average molecular weight is 483 g/mol. The Labute approximate surface area is 188 Å². The van der Waals surface area contributed by atoms with E-state index in [0.717, 1.165) is 21.0 Å². The summed E-state index contributed by atoms with van der Waals surface area (Å²) in [5.74, 6) is 0.996. The van der Waals surface area contributed by atoms with Crippen LogP contribution in [0.15, 0.2) is 64.8 Å². The van der Waals surface area contributed by atoms with Crippen LogP contribution < -0.4 is 14.8 Å². The molecule has 0 saturated carbocycles. The highest BCUT2D eigenvalue weighted by atomic mass is 79.9. The molecule has 3 aromatic carbocycles. The first-order valence-electron chi connectivity index (χ1n) is 9.25. The summed E-state index contributed by atoms with van der Waals surface area (Å²) in [7, 11) is 3.23. The molecule has 1 aliphatic heterocycles. The molecular formula is C23H19BrN2O3S. The molecule has 0 unspecified atom stereocenters. The van der Waals surface area contributed by atoms with Crippen molar-refractivity contribution in [2.45, 2.75) is 6.61 Å². The number of nitrogens with one attached hydrogen (secondary N) is 1. The molecule has 3 aromatic rings. The number of rotatable bonds is 5. The molecule has 0 atom stereocenters. The Kier molecular flexibility index (Phi) is 5.74. The molecule has 1 fully saturated rings. The number of carbonyl (C=O) groups excluding carboxylic acids is 1. The number of amides is 1. The Bertz CT molecular complexity index is 1190. The van der Waals surface area contributed by atoms with Crippen molar-refractivity contribution in [2.75, 3.05) is 14.2 Å². The van der Waals surface area contributed by atoms with Crippen molar-refractivity contribution >= 4 is 56.0 Å². The van der Waals surface area contributed by atoms with Gasteiger partial charge in [-0.25, -0.2) is 0 Å². The average Bonchev–Trinajstić information content (AvgIpc) is 2.99. The van der Waals surface area contributed by atoms with Gasteiger partial charge in [0.05, 0.1) is 11.6 Å². The Morgan fingerprint density at radius 2 is 1.93 bits per heavy atom. The van der Waals surface area contributed by atoms with Gasteiger partial charge in [0.15, 0.2) is 16.6 Å². The van der Waals surface area contributed by atoms with Gasteiger partial charge in [-0.2, -0.15) is 0 Å². The Balaban J connectivity index is 1.62. The van der Waals surface area contributed by atoms with Crippen molar-refractivity contribution in [1.82, 2.24) is 10.2 Å². The van der Waals surface area contributed by atoms with Crippen LogP contribution in [0, 0.1) is 0 Å². The smallest absolute Gasteiger partial charge is 0.276 e. The Morgan fingerprint density at radius 1 is 1.17 bits per heavy atom. The Morgan fingerprint density at radius 3 is 2.67 bits per heavy atom. The fraction of sp³-hybridized carbons (Fsp3) is 0.130. The second-order valence-electron chi connectivity index (χ2n) is 6.81. The number of ether oxygens (including phenoxy) is 2. The van der Waals surface area contributed by atoms with Gasteiger partial charge in [-0.3, -0.25) is 9.69 Å². The molecule has 1 aliphatic rings. The van der Waals surface area contributed by atoms with E-state index < -0.39 is 0 Å². The third kappa shape index (κ3) is 3.91. The van der Waals surface area contributed by atoms with Crippen LogP contribution in [-0.2, 0) is 11.4 Å². The first kappa shape index (κ1) is 20.4. The van der Waals surface area contributed by atoms with Gasteiger partial charge in [0.1, 0.15) is 12.3 Å². The second-order valence-corrected chi connectivity index (χ2v) is 8.05. The topological polar surface area (TPSA) is 50.8 Å². The van der Waals surface area contributed by atoms with Crippen molar-refractivity contribution in [3.05, 3.63) is 75.9 Å². The van der Waals surface area contributed by atoms with Gasteiger partial charge in [-0.15, -0.1) is 0 Å². The maximum atomic E-state index is 12.2. The van der Waals surface area contributed by atoms with Crippen LogP contribution in [0.4, 0.5) is 0 Å². The number of benzene rings is 3. The number of hydrogen-bond donors (Lipinski definition) is 1. The lowest BCUT2D eigenvalue weighted by atomic mass is 10.1. The monoisotopic (exact) mass is 482 g/mol. The van der Waals surface area contributed by atoms with E-state index in [9.17, 15) is 4.79 Å². The first-order chi connectivity index (χ1) is 14.5. The fourth-order valence-electron chi connectivity index (χ4n) is 3.32. The lowest BCUT2D eigenvalue weighted by molar-refractivity contribution is -0.121. The number of hydrogen-bond acceptors (Lipinski definition) is 4. The van der Waals surface area contributed by atoms with Gasteiger partial charge < -0.3 is 14.8 Å². The molecule has 0 aliphatic carbocycles. The molecule has 1 N–H and O–H groups in total. The van der Waals surface area contributed by atoms with Crippen molar-refractivity contribution in [3.8, 4) is 11.5 Å². The van der Waals surface area contributed by atoms with E-state index in [-0.39, 0.29) is 5.91 Å². The lowest BCUT2D eigenvalue weighted by Gasteiger charge is -2.15. The number of fused-ring (bicyclic) bond motifs is 1. The maximum absolute atomic E-state index is 12.2. The molecule has 0 radical (unpaired) electrons. The highest BCUT2D eigenvalue weighted by Crippen LogP contribution is 2.38. The van der Waals surface area contributed by atoms with E-state index in [0.29, 0.717) is 28.9 Å². The molecule has 4 rings (SSSR count). The summed E-state index contributed by atoms with van der Waals surface area (Å²) in [5, 5.41) is 5.63. The van der Waals surface area contributed by atoms with Gasteiger partial charge in [0.2, 0.25) is 0 Å². The summed E-state index contributed by atoms with van der Waals surface area (Å²) in [6.07, 6.45) is 1.74. The summed E-state index contributed by atoms with van der Waals surface area (Å²) in [5.41, 5.74) is 2.29. The highest BCUT2D eigenvalue weighted by Gasteiger charge is 2.27. The van der Waals surface area contributed by atoms with Crippen molar-refractivity contribution in [3.63, 3.8) is 0 Å². The van der Waals surface area contributed by atoms with Crippen molar-refractivity contribution in [2.24, 2.45) is 0 Å². The van der Waals surface area contributed by atoms with E-state index in [2.05, 4.69) is 45.5 Å². The summed E-state index contributed by atoms with van der Waals surface area (Å²) in [6.45, 7) is 0.399. The number of carbonyl (C=O) groups is 1. The quantitative estimate of drug-likeness (QED) is 0.414. The number of nitrogens with zero attached hydrogens (tertiary/aromatic N) is 1. The highest BCUT2D eigenvalue weighted by molar-refractivity contribution is 9.10. The summed E-state index contributed by atoms with van der Waals surface area (Å²) in [6, 6.07) is 18.1. The number of methoxy groups -OCH3 is 1. The molecular weight excluding hydrogens is 464 g/mol. The zero-order valence-electron chi connectivity index (χ0n) is 16.4. The molecule has 1 saturated heterocycles. The van der Waals surface area contributed by atoms with Crippen molar-refractivity contribution < 1.29 is 14.3 Å². The minimum Gasteiger partial charge on any atom is -0.493 e. The largest absolute Gasteiger partial charge is 0.493 e. The summed E-state index contributed by atoms with van der Waals surface area (Å²) in [4.78, 5) is 13.6. The van der Waals surface area contributed by atoms with Crippen LogP contribution in [0.3, 0.4) is 0 Å². The van der Waals surface area contributed by atoms with E-state index >= 15 is 0 Å². The number of thiocarbonyl (C=S) groups is 1. The SMILES string of the molecule is COc1cc(/C=C2\NC(=S)N(C)C2=O)cc(Br)c1OCc1cccc2ccccc12. The molecule has 1 amide bonds. The fourth-order valence-corrected chi connectivity index (χ4v) is 4.09. The van der Waals surface area contributed by atoms with Crippen LogP contribution in [0.1, 0.15) is 11.1 Å². The predicted octanol–water partition coefficient (Wildman–Crippen LogP) is 4.88. The summed E-state index contributed by atoms with van der Waals surface area (Å²) >= 11 is 8.70. The van der Waals surface area contributed by atoms with E-state index in [1.807, 2.05) is 30.3 Å². The van der Waals surface area contributed by atoms with Gasteiger partial charge in [0, 0.05) is 7.05 Å². The van der Waals surface area contributed by atoms with Crippen LogP contribution in [0.25, 0.3) is 16.8 Å². The molecule has 30 heavy (non-hydrogen) atoms. The zero-order chi connectivity index (χ0) is 21.3. The normalized spacial score (nSPS) is 15.0. The lowest BCUT2D eigenvalue weighted by Crippen LogP contribution is -2.25. The molecule has 0 aromatic heterocycles. The molecule has 0 bridgehead atoms. The predicted molar refractivity (Wildman–Crippen MR) is 125 cm³/mol. The van der Waals surface area contributed by atoms with Gasteiger partial charge in [-0.05, 0) is 68.3 Å². The van der Waals surface area contributed by atoms with Crippen LogP contribution >= 0.6 is 28.1 Å².